The summed E-state index contributed by atoms with van der Waals surface area (Å²) in [4.78, 5) is 22.4. The second-order valence-electron chi connectivity index (χ2n) is 4.22. The predicted molar refractivity (Wildman–Crippen MR) is 67.0 cm³/mol. The summed E-state index contributed by atoms with van der Waals surface area (Å²) in [5.74, 6) is 1.22. The Morgan fingerprint density at radius 1 is 1.39 bits per heavy atom. The van der Waals surface area contributed by atoms with Gasteiger partial charge in [0.25, 0.3) is 0 Å². The smallest absolute Gasteiger partial charge is 0.327 e. The highest BCUT2D eigenvalue weighted by atomic mass is 16.5. The van der Waals surface area contributed by atoms with Crippen molar-refractivity contribution in [2.45, 2.75) is 32.4 Å². The third-order valence-electron chi connectivity index (χ3n) is 2.39. The first kappa shape index (κ1) is 16.3. The summed E-state index contributed by atoms with van der Waals surface area (Å²) in [7, 11) is 1.54. The largest absolute Gasteiger partial charge is 0.480 e. The van der Waals surface area contributed by atoms with Crippen molar-refractivity contribution in [3.05, 3.63) is 0 Å². The third-order valence-corrected chi connectivity index (χ3v) is 2.39. The van der Waals surface area contributed by atoms with Gasteiger partial charge in [-0.1, -0.05) is 13.8 Å². The van der Waals surface area contributed by atoms with Crippen molar-refractivity contribution >= 4 is 12.0 Å². The van der Waals surface area contributed by atoms with E-state index in [2.05, 4.69) is 16.6 Å². The molecule has 102 valence electrons. The Bertz CT molecular complexity index is 323. The SMILES string of the molecule is C#CCC(NC(=O)NC(COC)C(C)C)C(=O)O. The maximum atomic E-state index is 11.6. The van der Waals surface area contributed by atoms with E-state index in [9.17, 15) is 9.59 Å². The van der Waals surface area contributed by atoms with Gasteiger partial charge in [0.15, 0.2) is 0 Å². The molecular weight excluding hydrogens is 236 g/mol. The second-order valence-corrected chi connectivity index (χ2v) is 4.22. The van der Waals surface area contributed by atoms with Crippen molar-refractivity contribution < 1.29 is 19.4 Å². The minimum absolute atomic E-state index is 0.0562. The lowest BCUT2D eigenvalue weighted by Crippen LogP contribution is -2.51. The standard InChI is InChI=1S/C12H20N2O4/c1-5-6-9(11(15)16)13-12(17)14-10(7-18-4)8(2)3/h1,8-10H,6-7H2,2-4H3,(H,15,16)(H2,13,14,17). The number of carbonyl (C=O) groups is 2. The molecule has 2 atom stereocenters. The highest BCUT2D eigenvalue weighted by molar-refractivity contribution is 5.82. The van der Waals surface area contributed by atoms with Gasteiger partial charge < -0.3 is 20.5 Å². The number of carboxylic acid groups (broad SMARTS) is 1. The van der Waals surface area contributed by atoms with Crippen molar-refractivity contribution in [1.82, 2.24) is 10.6 Å². The van der Waals surface area contributed by atoms with Crippen molar-refractivity contribution in [1.29, 1.82) is 0 Å². The number of hydrogen-bond acceptors (Lipinski definition) is 3. The quantitative estimate of drug-likeness (QED) is 0.576. The van der Waals surface area contributed by atoms with E-state index in [1.165, 1.54) is 7.11 Å². The van der Waals surface area contributed by atoms with Crippen LogP contribution >= 0.6 is 0 Å². The molecule has 0 saturated heterocycles. The molecule has 0 aromatic rings. The molecule has 6 heteroatoms. The maximum absolute atomic E-state index is 11.6. The average Bonchev–Trinajstić information content (AvgIpc) is 2.27. The van der Waals surface area contributed by atoms with E-state index in [0.717, 1.165) is 0 Å². The van der Waals surface area contributed by atoms with Gasteiger partial charge in [0.1, 0.15) is 6.04 Å². The fourth-order valence-electron chi connectivity index (χ4n) is 1.27. The van der Waals surface area contributed by atoms with Crippen molar-refractivity contribution in [3.8, 4) is 12.3 Å². The van der Waals surface area contributed by atoms with Crippen molar-refractivity contribution in [3.63, 3.8) is 0 Å². The van der Waals surface area contributed by atoms with E-state index >= 15 is 0 Å². The zero-order valence-electron chi connectivity index (χ0n) is 10.9. The number of ether oxygens (including phenoxy) is 1. The number of hydrogen-bond donors (Lipinski definition) is 3. The normalized spacial score (nSPS) is 13.5. The van der Waals surface area contributed by atoms with Crippen LogP contribution in [0.25, 0.3) is 0 Å². The summed E-state index contributed by atoms with van der Waals surface area (Å²) in [6, 6.07) is -1.82. The van der Waals surface area contributed by atoms with Crippen LogP contribution in [0.15, 0.2) is 0 Å². The van der Waals surface area contributed by atoms with Crippen LogP contribution < -0.4 is 10.6 Å². The summed E-state index contributed by atoms with van der Waals surface area (Å²) in [6.45, 7) is 4.22. The Labute approximate surface area is 107 Å². The number of carboxylic acids is 1. The molecule has 2 amide bonds. The Morgan fingerprint density at radius 2 is 2.00 bits per heavy atom. The number of terminal acetylenes is 1. The summed E-state index contributed by atoms with van der Waals surface area (Å²) in [6.07, 6.45) is 4.98. The third kappa shape index (κ3) is 6.11. The molecule has 0 aliphatic carbocycles. The molecular formula is C12H20N2O4. The van der Waals surface area contributed by atoms with Crippen molar-refractivity contribution in [2.75, 3.05) is 13.7 Å². The topological polar surface area (TPSA) is 87.7 Å². The predicted octanol–water partition coefficient (Wildman–Crippen LogP) is 0.433. The summed E-state index contributed by atoms with van der Waals surface area (Å²) in [5, 5.41) is 13.8. The molecule has 0 aliphatic heterocycles. The monoisotopic (exact) mass is 256 g/mol. The summed E-state index contributed by atoms with van der Waals surface area (Å²) in [5.41, 5.74) is 0. The molecule has 2 unspecified atom stereocenters. The first-order chi connectivity index (χ1) is 8.42. The zero-order chi connectivity index (χ0) is 14.1. The van der Waals surface area contributed by atoms with Crippen LogP contribution in [0, 0.1) is 18.3 Å². The van der Waals surface area contributed by atoms with E-state index < -0.39 is 18.0 Å². The number of urea groups is 1. The minimum Gasteiger partial charge on any atom is -0.480 e. The molecule has 0 aromatic carbocycles. The molecule has 0 fully saturated rings. The lowest BCUT2D eigenvalue weighted by molar-refractivity contribution is -0.139. The molecule has 0 bridgehead atoms. The van der Waals surface area contributed by atoms with Crippen LogP contribution in [0.2, 0.25) is 0 Å². The average molecular weight is 256 g/mol. The van der Waals surface area contributed by atoms with Gasteiger partial charge in [0, 0.05) is 13.5 Å². The molecule has 0 aromatic heterocycles. The van der Waals surface area contributed by atoms with Crippen LogP contribution in [-0.4, -0.2) is 42.9 Å². The highest BCUT2D eigenvalue weighted by Gasteiger charge is 2.21. The van der Waals surface area contributed by atoms with Gasteiger partial charge >= 0.3 is 12.0 Å². The Hall–Kier alpha value is -1.74. The molecule has 0 heterocycles. The van der Waals surface area contributed by atoms with Crippen LogP contribution in [-0.2, 0) is 9.53 Å². The van der Waals surface area contributed by atoms with E-state index in [1.807, 2.05) is 13.8 Å². The molecule has 3 N–H and O–H groups in total. The number of rotatable bonds is 7. The molecule has 6 nitrogen and oxygen atoms in total. The Balaban J connectivity index is 4.38. The van der Waals surface area contributed by atoms with Crippen LogP contribution in [0.1, 0.15) is 20.3 Å². The molecule has 0 radical (unpaired) electrons. The van der Waals surface area contributed by atoms with Crippen LogP contribution in [0.3, 0.4) is 0 Å². The van der Waals surface area contributed by atoms with Gasteiger partial charge in [0.2, 0.25) is 0 Å². The lowest BCUT2D eigenvalue weighted by atomic mass is 10.1. The fourth-order valence-corrected chi connectivity index (χ4v) is 1.27. The number of carbonyl (C=O) groups excluding carboxylic acids is 1. The molecule has 0 spiro atoms. The van der Waals surface area contributed by atoms with Crippen LogP contribution in [0.4, 0.5) is 4.79 Å². The van der Waals surface area contributed by atoms with E-state index in [1.54, 1.807) is 0 Å². The van der Waals surface area contributed by atoms with E-state index in [0.29, 0.717) is 6.61 Å². The summed E-state index contributed by atoms with van der Waals surface area (Å²) < 4.78 is 4.97. The van der Waals surface area contributed by atoms with Gasteiger partial charge in [-0.3, -0.25) is 0 Å². The van der Waals surface area contributed by atoms with Gasteiger partial charge in [-0.05, 0) is 5.92 Å². The summed E-state index contributed by atoms with van der Waals surface area (Å²) >= 11 is 0. The Morgan fingerprint density at radius 3 is 2.39 bits per heavy atom. The number of amides is 2. The molecule has 18 heavy (non-hydrogen) atoms. The van der Waals surface area contributed by atoms with Crippen LogP contribution in [0.5, 0.6) is 0 Å². The van der Waals surface area contributed by atoms with E-state index in [-0.39, 0.29) is 18.4 Å². The Kier molecular flexibility index (Phi) is 7.56. The number of methoxy groups -OCH3 is 1. The van der Waals surface area contributed by atoms with Gasteiger partial charge in [0.05, 0.1) is 12.6 Å². The molecule has 0 aliphatic rings. The van der Waals surface area contributed by atoms with Gasteiger partial charge in [-0.15, -0.1) is 12.3 Å². The van der Waals surface area contributed by atoms with Crippen molar-refractivity contribution in [2.24, 2.45) is 5.92 Å². The lowest BCUT2D eigenvalue weighted by Gasteiger charge is -2.22. The van der Waals surface area contributed by atoms with Gasteiger partial charge in [-0.2, -0.15) is 0 Å². The number of nitrogens with one attached hydrogen (secondary N) is 2. The maximum Gasteiger partial charge on any atom is 0.327 e. The number of aliphatic carboxylic acids is 1. The van der Waals surface area contributed by atoms with Gasteiger partial charge in [-0.25, -0.2) is 9.59 Å². The fraction of sp³-hybridized carbons (Fsp3) is 0.667. The molecule has 0 rings (SSSR count). The van der Waals surface area contributed by atoms with E-state index in [4.69, 9.17) is 16.3 Å². The zero-order valence-corrected chi connectivity index (χ0v) is 10.9. The second kappa shape index (κ2) is 8.37. The first-order valence-corrected chi connectivity index (χ1v) is 5.64. The highest BCUT2D eigenvalue weighted by Crippen LogP contribution is 2.02. The molecule has 0 saturated carbocycles. The first-order valence-electron chi connectivity index (χ1n) is 5.64. The minimum atomic E-state index is -1.16.